The van der Waals surface area contributed by atoms with Gasteiger partial charge in [0.25, 0.3) is 20.0 Å². The van der Waals surface area contributed by atoms with Crippen LogP contribution in [-0.2, 0) is 38.0 Å². The molecule has 0 saturated carbocycles. The maximum absolute atomic E-state index is 14.4. The van der Waals surface area contributed by atoms with Crippen LogP contribution in [0.15, 0.2) is 116 Å². The molecule has 11 nitrogen and oxygen atoms in total. The monoisotopic (exact) mass is 916 g/mol. The van der Waals surface area contributed by atoms with Crippen molar-refractivity contribution in [3.63, 3.8) is 0 Å². The second-order valence-electron chi connectivity index (χ2n) is 13.1. The molecule has 0 spiro atoms. The summed E-state index contributed by atoms with van der Waals surface area (Å²) in [6.45, 7) is 6.69. The molecule has 2 N–H and O–H groups in total. The van der Waals surface area contributed by atoms with Gasteiger partial charge in [-0.15, -0.1) is 12.4 Å². The lowest BCUT2D eigenvalue weighted by atomic mass is 10.2. The van der Waals surface area contributed by atoms with Gasteiger partial charge in [-0.05, 0) is 71.8 Å². The minimum absolute atomic E-state index is 0. The van der Waals surface area contributed by atoms with Gasteiger partial charge in [0.2, 0.25) is 0 Å². The van der Waals surface area contributed by atoms with Crippen molar-refractivity contribution in [3.8, 4) is 0 Å². The van der Waals surface area contributed by atoms with Crippen LogP contribution in [0, 0.1) is 0 Å². The smallest absolute Gasteiger partial charge is 0.268 e. The van der Waals surface area contributed by atoms with E-state index in [0.717, 1.165) is 74.5 Å². The molecule has 54 heavy (non-hydrogen) atoms. The SMILES string of the molecule is Cl.O=S(=O)(c1cc(Br)ccc1COCc1ccc(Br)cc1S(=O)(=O)n1ccc2c(N3CCNCC3)cccc21)n1ccc2c(N3CCNCC3)cccc21. The number of fused-ring (bicyclic) bond motifs is 2. The third kappa shape index (κ3) is 7.32. The van der Waals surface area contributed by atoms with Gasteiger partial charge < -0.3 is 25.2 Å². The van der Waals surface area contributed by atoms with Gasteiger partial charge in [0.05, 0.1) is 34.0 Å². The molecule has 0 unspecified atom stereocenters. The van der Waals surface area contributed by atoms with Gasteiger partial charge in [-0.2, -0.15) is 0 Å². The van der Waals surface area contributed by atoms with E-state index in [1.54, 1.807) is 48.8 Å². The molecule has 0 atom stereocenters. The summed E-state index contributed by atoms with van der Waals surface area (Å²) in [4.78, 5) is 4.74. The third-order valence-electron chi connectivity index (χ3n) is 9.91. The number of hydrogen-bond donors (Lipinski definition) is 2. The maximum Gasteiger partial charge on any atom is 0.268 e. The number of piperazine rings is 2. The first-order chi connectivity index (χ1) is 25.6. The first kappa shape index (κ1) is 38.8. The van der Waals surface area contributed by atoms with Gasteiger partial charge in [0.15, 0.2) is 0 Å². The molecule has 2 aliphatic heterocycles. The molecule has 2 fully saturated rings. The summed E-state index contributed by atoms with van der Waals surface area (Å²) < 4.78 is 67.5. The van der Waals surface area contributed by atoms with Crippen molar-refractivity contribution in [2.75, 3.05) is 62.2 Å². The zero-order valence-electron chi connectivity index (χ0n) is 29.1. The van der Waals surface area contributed by atoms with Crippen molar-refractivity contribution in [2.24, 2.45) is 0 Å². The van der Waals surface area contributed by atoms with E-state index in [9.17, 15) is 16.8 Å². The zero-order chi connectivity index (χ0) is 36.7. The molecule has 2 aromatic heterocycles. The van der Waals surface area contributed by atoms with Crippen molar-refractivity contribution in [1.29, 1.82) is 0 Å². The summed E-state index contributed by atoms with van der Waals surface area (Å²) in [6, 6.07) is 25.3. The minimum Gasteiger partial charge on any atom is -0.372 e. The van der Waals surface area contributed by atoms with Crippen LogP contribution >= 0.6 is 44.3 Å². The zero-order valence-corrected chi connectivity index (χ0v) is 34.7. The molecule has 8 rings (SSSR count). The Morgan fingerprint density at radius 3 is 1.39 bits per heavy atom. The lowest BCUT2D eigenvalue weighted by Gasteiger charge is -2.30. The first-order valence-electron chi connectivity index (χ1n) is 17.4. The Hall–Kier alpha value is -3.41. The van der Waals surface area contributed by atoms with Crippen LogP contribution in [0.4, 0.5) is 11.4 Å². The molecule has 0 bridgehead atoms. The highest BCUT2D eigenvalue weighted by Crippen LogP contribution is 2.34. The summed E-state index contributed by atoms with van der Waals surface area (Å²) in [7, 11) is -8.11. The molecule has 284 valence electrons. The van der Waals surface area contributed by atoms with Crippen LogP contribution < -0.4 is 20.4 Å². The number of nitrogens with zero attached hydrogens (tertiary/aromatic N) is 4. The van der Waals surface area contributed by atoms with Crippen LogP contribution in [0.5, 0.6) is 0 Å². The molecule has 0 radical (unpaired) electrons. The van der Waals surface area contributed by atoms with E-state index in [1.807, 2.05) is 48.5 Å². The molecule has 4 aromatic carbocycles. The van der Waals surface area contributed by atoms with Gasteiger partial charge in [-0.25, -0.2) is 24.8 Å². The first-order valence-corrected chi connectivity index (χ1v) is 21.9. The highest BCUT2D eigenvalue weighted by atomic mass is 79.9. The molecule has 16 heteroatoms. The van der Waals surface area contributed by atoms with Gasteiger partial charge in [-0.3, -0.25) is 0 Å². The molecule has 4 heterocycles. The van der Waals surface area contributed by atoms with E-state index >= 15 is 0 Å². The predicted octanol–water partition coefficient (Wildman–Crippen LogP) is 6.55. The van der Waals surface area contributed by atoms with E-state index in [0.29, 0.717) is 31.1 Å². The average molecular weight is 919 g/mol. The fraction of sp³-hybridized carbons (Fsp3) is 0.263. The summed E-state index contributed by atoms with van der Waals surface area (Å²) in [5, 5.41) is 8.46. The van der Waals surface area contributed by atoms with Crippen LogP contribution in [0.25, 0.3) is 21.8 Å². The Labute approximate surface area is 338 Å². The van der Waals surface area contributed by atoms with Crippen LogP contribution in [-0.4, -0.2) is 77.1 Å². The Kier molecular flexibility index (Phi) is 11.5. The summed E-state index contributed by atoms with van der Waals surface area (Å²) >= 11 is 6.93. The molecule has 0 aliphatic carbocycles. The van der Waals surface area contributed by atoms with Gasteiger partial charge in [-0.1, -0.05) is 56.1 Å². The van der Waals surface area contributed by atoms with Gasteiger partial charge in [0.1, 0.15) is 0 Å². The number of halogens is 3. The Balaban J connectivity index is 0.00000450. The second-order valence-corrected chi connectivity index (χ2v) is 18.5. The van der Waals surface area contributed by atoms with E-state index < -0.39 is 20.0 Å². The normalized spacial score (nSPS) is 15.5. The molecule has 2 aliphatic rings. The highest BCUT2D eigenvalue weighted by molar-refractivity contribution is 9.10. The number of rotatable bonds is 10. The third-order valence-corrected chi connectivity index (χ3v) is 14.4. The fourth-order valence-electron chi connectivity index (χ4n) is 7.29. The highest BCUT2D eigenvalue weighted by Gasteiger charge is 2.27. The van der Waals surface area contributed by atoms with Gasteiger partial charge >= 0.3 is 0 Å². The van der Waals surface area contributed by atoms with Crippen LogP contribution in [0.2, 0.25) is 0 Å². The standard InChI is InChI=1S/C38H38Br2N6O5S2.ClH/c39-29-9-7-27(37(23-29)52(47,48)45-17-11-31-33(3-1-5-35(31)45)43-19-13-41-14-20-43)25-51-26-28-8-10-30(40)24-38(28)53(49,50)46-18-12-32-34(4-2-6-36(32)46)44-21-15-42-16-22-44;/h1-12,17-18,23-24,41-42H,13-16,19-22,25-26H2;1H. The number of nitrogens with one attached hydrogen (secondary N) is 2. The van der Waals surface area contributed by atoms with Crippen LogP contribution in [0.3, 0.4) is 0 Å². The maximum atomic E-state index is 14.4. The predicted molar refractivity (Wildman–Crippen MR) is 223 cm³/mol. The van der Waals surface area contributed by atoms with Crippen molar-refractivity contribution in [2.45, 2.75) is 23.0 Å². The lowest BCUT2D eigenvalue weighted by molar-refractivity contribution is 0.104. The molecule has 0 amide bonds. The minimum atomic E-state index is -4.05. The Morgan fingerprint density at radius 1 is 0.574 bits per heavy atom. The molecule has 2 saturated heterocycles. The van der Waals surface area contributed by atoms with E-state index in [1.165, 1.54) is 7.94 Å². The Morgan fingerprint density at radius 2 is 0.981 bits per heavy atom. The van der Waals surface area contributed by atoms with E-state index in [4.69, 9.17) is 4.74 Å². The molecular weight excluding hydrogens is 880 g/mol. The summed E-state index contributed by atoms with van der Waals surface area (Å²) in [5.74, 6) is 0. The van der Waals surface area contributed by atoms with Crippen molar-refractivity contribution in [3.05, 3.63) is 117 Å². The van der Waals surface area contributed by atoms with Crippen molar-refractivity contribution in [1.82, 2.24) is 18.6 Å². The van der Waals surface area contributed by atoms with E-state index in [-0.39, 0.29) is 35.4 Å². The summed E-state index contributed by atoms with van der Waals surface area (Å²) in [5.41, 5.74) is 4.09. The average Bonchev–Trinajstić information content (AvgIpc) is 3.83. The molecular formula is C38H39Br2ClN6O5S2. The summed E-state index contributed by atoms with van der Waals surface area (Å²) in [6.07, 6.45) is 3.21. The number of hydrogen-bond acceptors (Lipinski definition) is 9. The number of anilines is 2. The van der Waals surface area contributed by atoms with Crippen LogP contribution in [0.1, 0.15) is 11.1 Å². The second kappa shape index (κ2) is 16.0. The number of benzene rings is 4. The topological polar surface area (TPSA) is 118 Å². The van der Waals surface area contributed by atoms with Crippen molar-refractivity contribution < 1.29 is 21.6 Å². The fourth-order valence-corrected chi connectivity index (χ4v) is 11.5. The number of ether oxygens (including phenoxy) is 1. The Bertz CT molecular complexity index is 2370. The van der Waals surface area contributed by atoms with E-state index in [2.05, 4.69) is 52.3 Å². The quantitative estimate of drug-likeness (QED) is 0.158. The van der Waals surface area contributed by atoms with Crippen molar-refractivity contribution >= 4 is 97.5 Å². The van der Waals surface area contributed by atoms with Gasteiger partial charge in [0, 0.05) is 95.8 Å². The molecule has 6 aromatic rings. The lowest BCUT2D eigenvalue weighted by Crippen LogP contribution is -2.43. The largest absolute Gasteiger partial charge is 0.372 e. The number of aromatic nitrogens is 2.